The summed E-state index contributed by atoms with van der Waals surface area (Å²) >= 11 is 0. The summed E-state index contributed by atoms with van der Waals surface area (Å²) in [5, 5.41) is 4.53. The Bertz CT molecular complexity index is 4010. The summed E-state index contributed by atoms with van der Waals surface area (Å²) in [4.78, 5) is 4.89. The van der Waals surface area contributed by atoms with E-state index in [9.17, 15) is 0 Å². The van der Waals surface area contributed by atoms with Crippen LogP contribution in [-0.2, 0) is 10.8 Å². The lowest BCUT2D eigenvalue weighted by Crippen LogP contribution is -2.18. The van der Waals surface area contributed by atoms with Gasteiger partial charge < -0.3 is 18.6 Å². The molecule has 70 heavy (non-hydrogen) atoms. The van der Waals surface area contributed by atoms with E-state index >= 15 is 0 Å². The summed E-state index contributed by atoms with van der Waals surface area (Å²) in [7, 11) is 0. The van der Waals surface area contributed by atoms with Crippen molar-refractivity contribution in [3.63, 3.8) is 0 Å². The summed E-state index contributed by atoms with van der Waals surface area (Å²) in [6.45, 7) is 22.8. The third-order valence-corrected chi connectivity index (χ3v) is 15.9. The van der Waals surface area contributed by atoms with E-state index in [1.165, 1.54) is 77.9 Å². The topological polar surface area (TPSA) is 32.8 Å². The highest BCUT2D eigenvalue weighted by atomic mass is 16.3. The third kappa shape index (κ3) is 5.95. The molecule has 4 heteroatoms. The van der Waals surface area contributed by atoms with Crippen molar-refractivity contribution in [2.45, 2.75) is 80.1 Å². The van der Waals surface area contributed by atoms with Crippen molar-refractivity contribution in [3.05, 3.63) is 213 Å². The molecule has 0 atom stereocenters. The second kappa shape index (κ2) is 14.8. The quantitative estimate of drug-likeness (QED) is 0.166. The summed E-state index contributed by atoms with van der Waals surface area (Å²) in [5.41, 5.74) is 27.0. The molecule has 0 fully saturated rings. The molecule has 11 aromatic rings. The SMILES string of the molecule is Cc1ccc(N(c2ccc(C)cc2C)c2cc3c(c4c2oc2ccccc24)-c2cc4c(cc2C3(C)C)-c2c(cc(N(c3ccc(C)cc3)c3ccc(C)cc3C)c3c2oc2ccccc23)C4(C)C)cc1. The van der Waals surface area contributed by atoms with Gasteiger partial charge in [-0.25, -0.2) is 0 Å². The van der Waals surface area contributed by atoms with E-state index in [0.29, 0.717) is 0 Å². The van der Waals surface area contributed by atoms with Crippen LogP contribution >= 0.6 is 0 Å². The van der Waals surface area contributed by atoms with E-state index in [4.69, 9.17) is 8.83 Å². The van der Waals surface area contributed by atoms with Gasteiger partial charge in [-0.05, 0) is 164 Å². The van der Waals surface area contributed by atoms with Gasteiger partial charge in [0.15, 0.2) is 5.58 Å². The number of anilines is 6. The van der Waals surface area contributed by atoms with Gasteiger partial charge in [0, 0.05) is 55.3 Å². The number of aryl methyl sites for hydroxylation is 6. The molecule has 0 bridgehead atoms. The van der Waals surface area contributed by atoms with Crippen LogP contribution in [0.15, 0.2) is 167 Å². The van der Waals surface area contributed by atoms with Gasteiger partial charge in [0.05, 0.1) is 16.8 Å². The molecule has 0 amide bonds. The Labute approximate surface area is 410 Å². The van der Waals surface area contributed by atoms with Crippen molar-refractivity contribution >= 4 is 78.0 Å². The van der Waals surface area contributed by atoms with Gasteiger partial charge in [0.25, 0.3) is 0 Å². The zero-order chi connectivity index (χ0) is 48.1. The van der Waals surface area contributed by atoms with Crippen LogP contribution in [0.25, 0.3) is 66.1 Å². The molecule has 0 saturated heterocycles. The lowest BCUT2D eigenvalue weighted by atomic mass is 9.79. The maximum absolute atomic E-state index is 7.21. The molecule has 0 spiro atoms. The number of nitrogens with zero attached hydrogens (tertiary/aromatic N) is 2. The molecule has 0 N–H and O–H groups in total. The Balaban J connectivity index is 1.09. The number of hydrogen-bond donors (Lipinski definition) is 0. The van der Waals surface area contributed by atoms with Gasteiger partial charge in [-0.2, -0.15) is 0 Å². The average Bonchev–Trinajstić information content (AvgIpc) is 4.04. The first kappa shape index (κ1) is 42.3. The third-order valence-electron chi connectivity index (χ3n) is 15.9. The highest BCUT2D eigenvalue weighted by molar-refractivity contribution is 6.21. The largest absolute Gasteiger partial charge is 0.455 e. The zero-order valence-electron chi connectivity index (χ0n) is 41.7. The van der Waals surface area contributed by atoms with Crippen LogP contribution in [0.1, 0.15) is 83.3 Å². The van der Waals surface area contributed by atoms with Gasteiger partial charge in [-0.15, -0.1) is 0 Å². The van der Waals surface area contributed by atoms with E-state index in [2.05, 4.69) is 237 Å². The average molecular weight is 909 g/mol. The fraction of sp³-hybridized carbons (Fsp3) is 0.182. The molecule has 9 aromatic carbocycles. The Morgan fingerprint density at radius 2 is 0.786 bits per heavy atom. The van der Waals surface area contributed by atoms with Crippen LogP contribution < -0.4 is 9.80 Å². The lowest BCUT2D eigenvalue weighted by Gasteiger charge is -2.30. The molecular formula is C66H56N2O2. The second-order valence-electron chi connectivity index (χ2n) is 21.4. The predicted molar refractivity (Wildman–Crippen MR) is 294 cm³/mol. The number of benzene rings is 9. The highest BCUT2D eigenvalue weighted by Crippen LogP contribution is 2.62. The lowest BCUT2D eigenvalue weighted by molar-refractivity contribution is 0.649. The van der Waals surface area contributed by atoms with Crippen molar-refractivity contribution in [1.29, 1.82) is 0 Å². The van der Waals surface area contributed by atoms with Gasteiger partial charge in [0.2, 0.25) is 0 Å². The van der Waals surface area contributed by atoms with E-state index in [-0.39, 0.29) is 10.8 Å². The maximum Gasteiger partial charge on any atom is 0.160 e. The van der Waals surface area contributed by atoms with E-state index in [0.717, 1.165) is 78.0 Å². The van der Waals surface area contributed by atoms with Crippen LogP contribution in [0.5, 0.6) is 0 Å². The van der Waals surface area contributed by atoms with Crippen LogP contribution in [-0.4, -0.2) is 0 Å². The molecule has 2 heterocycles. The monoisotopic (exact) mass is 908 g/mol. The smallest absolute Gasteiger partial charge is 0.160 e. The molecular weight excluding hydrogens is 853 g/mol. The number of para-hydroxylation sites is 2. The normalized spacial score (nSPS) is 14.1. The molecule has 4 nitrogen and oxygen atoms in total. The molecule has 2 aromatic heterocycles. The first-order chi connectivity index (χ1) is 33.7. The van der Waals surface area contributed by atoms with E-state index in [1.807, 2.05) is 0 Å². The first-order valence-electron chi connectivity index (χ1n) is 24.7. The van der Waals surface area contributed by atoms with Crippen LogP contribution in [0.2, 0.25) is 0 Å². The van der Waals surface area contributed by atoms with Crippen molar-refractivity contribution in [2.24, 2.45) is 0 Å². The van der Waals surface area contributed by atoms with E-state index < -0.39 is 0 Å². The standard InChI is InChI=1S/C66H56N2O2/c1-37-19-25-43(26-20-37)67(53-29-23-39(3)31-41(53)5)55-35-52-60(64-61(55)45-15-11-13-17-57(45)70-64)48-34-49-47(33-50(48)66(52,9)10)59-51(65(49,7)8)36-56(63-62(59)46-16-12-14-18-58(46)69-63)68(44-27-21-38(2)22-28-44)54-30-24-40(4)32-42(54)6/h11-36H,1-10H3. The van der Waals surface area contributed by atoms with Crippen molar-refractivity contribution in [2.75, 3.05) is 9.80 Å². The molecule has 0 aliphatic heterocycles. The van der Waals surface area contributed by atoms with Gasteiger partial charge in [-0.1, -0.05) is 135 Å². The second-order valence-corrected chi connectivity index (χ2v) is 21.4. The summed E-state index contributed by atoms with van der Waals surface area (Å²) in [6, 6.07) is 58.6. The summed E-state index contributed by atoms with van der Waals surface area (Å²) < 4.78 is 14.3. The van der Waals surface area contributed by atoms with Gasteiger partial charge in [-0.3, -0.25) is 0 Å². The molecule has 13 rings (SSSR count). The molecule has 342 valence electrons. The maximum atomic E-state index is 7.21. The van der Waals surface area contributed by atoms with Crippen LogP contribution in [0, 0.1) is 41.5 Å². The zero-order valence-corrected chi connectivity index (χ0v) is 41.7. The molecule has 2 aliphatic carbocycles. The first-order valence-corrected chi connectivity index (χ1v) is 24.7. The summed E-state index contributed by atoms with van der Waals surface area (Å²) in [5.74, 6) is 0. The van der Waals surface area contributed by atoms with E-state index in [1.54, 1.807) is 0 Å². The minimum absolute atomic E-state index is 0.368. The van der Waals surface area contributed by atoms with Gasteiger partial charge in [0.1, 0.15) is 16.7 Å². The fourth-order valence-electron chi connectivity index (χ4n) is 12.3. The number of rotatable bonds is 6. The molecule has 0 saturated carbocycles. The van der Waals surface area contributed by atoms with Gasteiger partial charge >= 0.3 is 0 Å². The highest BCUT2D eigenvalue weighted by Gasteiger charge is 2.45. The minimum Gasteiger partial charge on any atom is -0.455 e. The summed E-state index contributed by atoms with van der Waals surface area (Å²) in [6.07, 6.45) is 0. The Hall–Kier alpha value is -7.82. The van der Waals surface area contributed by atoms with Crippen molar-refractivity contribution < 1.29 is 8.83 Å². The van der Waals surface area contributed by atoms with Crippen LogP contribution in [0.3, 0.4) is 0 Å². The fourth-order valence-corrected chi connectivity index (χ4v) is 12.3. The number of fused-ring (bicyclic) bond motifs is 14. The van der Waals surface area contributed by atoms with Crippen molar-refractivity contribution in [3.8, 4) is 22.3 Å². The minimum atomic E-state index is -0.376. The predicted octanol–water partition coefficient (Wildman–Crippen LogP) is 18.9. The number of furan rings is 2. The Kier molecular flexibility index (Phi) is 8.97. The van der Waals surface area contributed by atoms with Crippen molar-refractivity contribution in [1.82, 2.24) is 0 Å². The number of hydrogen-bond acceptors (Lipinski definition) is 4. The molecule has 0 radical (unpaired) electrons. The molecule has 2 aliphatic rings. The van der Waals surface area contributed by atoms with Crippen LogP contribution in [0.4, 0.5) is 34.1 Å². The Morgan fingerprint density at radius 3 is 1.31 bits per heavy atom. The Morgan fingerprint density at radius 1 is 0.357 bits per heavy atom. The molecule has 0 unspecified atom stereocenters.